The Morgan fingerprint density at radius 3 is 2.21 bits per heavy atom. The number of halogens is 1. The van der Waals surface area contributed by atoms with Crippen molar-refractivity contribution in [2.24, 2.45) is 0 Å². The zero-order valence-corrected chi connectivity index (χ0v) is 18.6. The smallest absolute Gasteiger partial charge is 0.343 e. The molecule has 2 bridgehead atoms. The number of benzene rings is 1. The second-order valence-electron chi connectivity index (χ2n) is 7.64. The summed E-state index contributed by atoms with van der Waals surface area (Å²) in [6, 6.07) is 0. The first-order valence-electron chi connectivity index (χ1n) is 9.94. The SMILES string of the molecule is CCC1OC(CI)c2c1c1oc2c(C(=O)OC2(CC)CCCC2)c1C(=O)OC. The fourth-order valence-corrected chi connectivity index (χ4v) is 5.38. The lowest BCUT2D eigenvalue weighted by molar-refractivity contribution is -0.0172. The van der Waals surface area contributed by atoms with Gasteiger partial charge in [0.2, 0.25) is 0 Å². The molecule has 0 aromatic carbocycles. The van der Waals surface area contributed by atoms with Crippen molar-refractivity contribution in [1.82, 2.24) is 0 Å². The van der Waals surface area contributed by atoms with Gasteiger partial charge in [0.15, 0.2) is 0 Å². The minimum atomic E-state index is -0.576. The van der Waals surface area contributed by atoms with E-state index in [1.54, 1.807) is 0 Å². The topological polar surface area (TPSA) is 75.0 Å². The van der Waals surface area contributed by atoms with Crippen molar-refractivity contribution >= 4 is 45.7 Å². The Bertz CT molecular complexity index is 894. The first kappa shape index (κ1) is 19.9. The number of hydrogen-bond acceptors (Lipinski definition) is 6. The van der Waals surface area contributed by atoms with Gasteiger partial charge >= 0.3 is 11.9 Å². The molecule has 2 atom stereocenters. The Labute approximate surface area is 177 Å². The highest BCUT2D eigenvalue weighted by Gasteiger charge is 2.45. The average molecular weight is 500 g/mol. The fourth-order valence-electron chi connectivity index (χ4n) is 4.73. The van der Waals surface area contributed by atoms with Crippen molar-refractivity contribution in [3.05, 3.63) is 22.3 Å². The Kier molecular flexibility index (Phi) is 5.33. The number of hydrogen-bond donors (Lipinski definition) is 0. The van der Waals surface area contributed by atoms with E-state index in [1.165, 1.54) is 7.11 Å². The molecule has 2 unspecified atom stereocenters. The summed E-state index contributed by atoms with van der Waals surface area (Å²) in [5, 5.41) is 0. The molecule has 2 aromatic heterocycles. The Morgan fingerprint density at radius 1 is 1.07 bits per heavy atom. The van der Waals surface area contributed by atoms with Crippen LogP contribution in [0.1, 0.15) is 96.4 Å². The number of ether oxygens (including phenoxy) is 3. The maximum Gasteiger partial charge on any atom is 0.343 e. The van der Waals surface area contributed by atoms with Gasteiger partial charge in [0.05, 0.1) is 19.3 Å². The predicted molar refractivity (Wildman–Crippen MR) is 111 cm³/mol. The summed E-state index contributed by atoms with van der Waals surface area (Å²) in [6.07, 6.45) is 5.04. The van der Waals surface area contributed by atoms with E-state index < -0.39 is 17.5 Å². The highest BCUT2D eigenvalue weighted by Crippen LogP contribution is 2.52. The van der Waals surface area contributed by atoms with Gasteiger partial charge in [-0.25, -0.2) is 9.59 Å². The molecule has 7 heteroatoms. The van der Waals surface area contributed by atoms with Crippen LogP contribution >= 0.6 is 22.6 Å². The van der Waals surface area contributed by atoms with E-state index in [9.17, 15) is 9.59 Å². The summed E-state index contributed by atoms with van der Waals surface area (Å²) in [6.45, 7) is 4.07. The van der Waals surface area contributed by atoms with Gasteiger partial charge in [0.1, 0.15) is 27.9 Å². The third kappa shape index (κ3) is 2.84. The molecule has 2 aromatic rings. The number of rotatable bonds is 6. The summed E-state index contributed by atoms with van der Waals surface area (Å²) in [5.41, 5.74) is 2.57. The Morgan fingerprint density at radius 2 is 1.68 bits per heavy atom. The minimum Gasteiger partial charge on any atom is -0.465 e. The van der Waals surface area contributed by atoms with E-state index in [4.69, 9.17) is 18.6 Å². The van der Waals surface area contributed by atoms with Gasteiger partial charge in [-0.05, 0) is 38.5 Å². The third-order valence-corrected chi connectivity index (χ3v) is 7.03. The van der Waals surface area contributed by atoms with E-state index >= 15 is 0 Å². The van der Waals surface area contributed by atoms with Gasteiger partial charge in [-0.3, -0.25) is 0 Å². The van der Waals surface area contributed by atoms with Gasteiger partial charge < -0.3 is 18.6 Å². The monoisotopic (exact) mass is 500 g/mol. The van der Waals surface area contributed by atoms with Crippen LogP contribution in [-0.2, 0) is 14.2 Å². The largest absolute Gasteiger partial charge is 0.465 e. The average Bonchev–Trinajstić information content (AvgIpc) is 3.46. The van der Waals surface area contributed by atoms with Crippen molar-refractivity contribution < 1.29 is 28.2 Å². The molecule has 1 fully saturated rings. The van der Waals surface area contributed by atoms with Crippen LogP contribution in [0.15, 0.2) is 4.42 Å². The summed E-state index contributed by atoms with van der Waals surface area (Å²) in [5.74, 6) is -1.07. The van der Waals surface area contributed by atoms with Gasteiger partial charge in [-0.2, -0.15) is 0 Å². The molecule has 0 saturated heterocycles. The van der Waals surface area contributed by atoms with Crippen molar-refractivity contribution in [3.63, 3.8) is 0 Å². The van der Waals surface area contributed by atoms with E-state index in [2.05, 4.69) is 22.6 Å². The zero-order chi connectivity index (χ0) is 20.1. The molecular weight excluding hydrogens is 475 g/mol. The van der Waals surface area contributed by atoms with Crippen LogP contribution < -0.4 is 0 Å². The summed E-state index contributed by atoms with van der Waals surface area (Å²) in [4.78, 5) is 25.8. The van der Waals surface area contributed by atoms with Gasteiger partial charge in [-0.15, -0.1) is 0 Å². The Hall–Kier alpha value is -1.35. The molecule has 1 aliphatic carbocycles. The number of methoxy groups -OCH3 is 1. The van der Waals surface area contributed by atoms with Crippen molar-refractivity contribution in [3.8, 4) is 0 Å². The maximum absolute atomic E-state index is 13.3. The second kappa shape index (κ2) is 7.48. The second-order valence-corrected chi connectivity index (χ2v) is 8.52. The van der Waals surface area contributed by atoms with Crippen LogP contribution in [0.3, 0.4) is 0 Å². The Balaban J connectivity index is 1.83. The van der Waals surface area contributed by atoms with Crippen LogP contribution in [-0.4, -0.2) is 29.1 Å². The van der Waals surface area contributed by atoms with E-state index in [-0.39, 0.29) is 23.3 Å². The number of carbonyl (C=O) groups excluding carboxylic acids is 2. The molecule has 28 heavy (non-hydrogen) atoms. The predicted octanol–water partition coefficient (Wildman–Crippen LogP) is 5.49. The van der Waals surface area contributed by atoms with Crippen LogP contribution in [0.4, 0.5) is 0 Å². The summed E-state index contributed by atoms with van der Waals surface area (Å²) >= 11 is 2.27. The van der Waals surface area contributed by atoms with Gasteiger partial charge in [0.25, 0.3) is 0 Å². The van der Waals surface area contributed by atoms with Gasteiger partial charge in [0, 0.05) is 15.6 Å². The first-order chi connectivity index (χ1) is 13.5. The lowest BCUT2D eigenvalue weighted by atomic mass is 9.93. The molecular formula is C21H25IO6. The number of esters is 2. The third-order valence-electron chi connectivity index (χ3n) is 6.23. The van der Waals surface area contributed by atoms with Crippen molar-refractivity contribution in [1.29, 1.82) is 0 Å². The number of alkyl halides is 1. The molecule has 0 amide bonds. The molecule has 0 radical (unpaired) electrons. The molecule has 4 rings (SSSR count). The standard InChI is InChI=1S/C21H25IO6/c1-4-11-13-14(12(10-22)26-11)18-16(15(17(13)27-18)19(23)25-3)20(24)28-21(5-2)8-6-7-9-21/h11-12H,4-10H2,1-3H3. The van der Waals surface area contributed by atoms with Crippen LogP contribution in [0.5, 0.6) is 0 Å². The highest BCUT2D eigenvalue weighted by molar-refractivity contribution is 14.1. The number of furan rings is 2. The number of fused-ring (bicyclic) bond motifs is 5. The lowest BCUT2D eigenvalue weighted by Crippen LogP contribution is -2.31. The fraction of sp³-hybridized carbons (Fsp3) is 0.619. The molecule has 1 aliphatic heterocycles. The quantitative estimate of drug-likeness (QED) is 0.297. The van der Waals surface area contributed by atoms with Gasteiger partial charge in [-0.1, -0.05) is 36.4 Å². The highest BCUT2D eigenvalue weighted by atomic mass is 127. The minimum absolute atomic E-state index is 0.142. The van der Waals surface area contributed by atoms with Crippen LogP contribution in [0.2, 0.25) is 0 Å². The lowest BCUT2D eigenvalue weighted by Gasteiger charge is -2.27. The summed E-state index contributed by atoms with van der Waals surface area (Å²) < 4.78 is 23.9. The van der Waals surface area contributed by atoms with E-state index in [1.807, 2.05) is 13.8 Å². The molecule has 152 valence electrons. The summed E-state index contributed by atoms with van der Waals surface area (Å²) in [7, 11) is 1.31. The molecule has 6 nitrogen and oxygen atoms in total. The first-order valence-corrected chi connectivity index (χ1v) is 11.5. The number of carbonyl (C=O) groups is 2. The van der Waals surface area contributed by atoms with Crippen molar-refractivity contribution in [2.75, 3.05) is 11.5 Å². The molecule has 0 N–H and O–H groups in total. The maximum atomic E-state index is 13.3. The van der Waals surface area contributed by atoms with Crippen LogP contribution in [0.25, 0.3) is 11.2 Å². The van der Waals surface area contributed by atoms with Crippen LogP contribution in [0, 0.1) is 0 Å². The zero-order valence-electron chi connectivity index (χ0n) is 16.4. The van der Waals surface area contributed by atoms with Crippen molar-refractivity contribution in [2.45, 2.75) is 70.2 Å². The molecule has 3 heterocycles. The normalized spacial score (nSPS) is 23.3. The molecule has 2 aliphatic rings. The van der Waals surface area contributed by atoms with E-state index in [0.717, 1.165) is 54.1 Å². The molecule has 1 saturated carbocycles. The molecule has 0 spiro atoms. The van der Waals surface area contributed by atoms with E-state index in [0.29, 0.717) is 11.2 Å².